The van der Waals surface area contributed by atoms with Crippen LogP contribution in [0, 0.1) is 0 Å². The van der Waals surface area contributed by atoms with E-state index in [0.717, 1.165) is 61.9 Å². The summed E-state index contributed by atoms with van der Waals surface area (Å²) in [6, 6.07) is 4.21. The van der Waals surface area contributed by atoms with Gasteiger partial charge in [-0.05, 0) is 47.3 Å². The first-order chi connectivity index (χ1) is 11.2. The van der Waals surface area contributed by atoms with Crippen LogP contribution >= 0.6 is 27.3 Å². The van der Waals surface area contributed by atoms with E-state index in [0.29, 0.717) is 6.10 Å². The van der Waals surface area contributed by atoms with Crippen LogP contribution in [0.4, 0.5) is 0 Å². The van der Waals surface area contributed by atoms with Crippen LogP contribution in [0.2, 0.25) is 0 Å². The van der Waals surface area contributed by atoms with E-state index in [4.69, 9.17) is 9.47 Å². The average Bonchev–Trinajstić information content (AvgIpc) is 2.99. The molecule has 0 atom stereocenters. The Morgan fingerprint density at radius 1 is 1.39 bits per heavy atom. The summed E-state index contributed by atoms with van der Waals surface area (Å²) in [5.41, 5.74) is 0. The number of nitrogens with zero attached hydrogens (tertiary/aromatic N) is 2. The van der Waals surface area contributed by atoms with Gasteiger partial charge in [-0.1, -0.05) is 0 Å². The van der Waals surface area contributed by atoms with Crippen molar-refractivity contribution >= 4 is 33.2 Å². The number of rotatable bonds is 7. The molecular formula is C16H26BrN3O2S. The second kappa shape index (κ2) is 10.3. The molecule has 0 saturated carbocycles. The van der Waals surface area contributed by atoms with E-state index < -0.39 is 0 Å². The van der Waals surface area contributed by atoms with Crippen LogP contribution in [0.15, 0.2) is 20.9 Å². The smallest absolute Gasteiger partial charge is 0.193 e. The third-order valence-corrected chi connectivity index (χ3v) is 5.47. The van der Waals surface area contributed by atoms with E-state index >= 15 is 0 Å². The summed E-state index contributed by atoms with van der Waals surface area (Å²) in [6.45, 7) is 4.36. The Bertz CT molecular complexity index is 487. The van der Waals surface area contributed by atoms with Crippen molar-refractivity contribution in [3.05, 3.63) is 20.8 Å². The molecule has 2 rings (SSSR count). The molecule has 1 aromatic heterocycles. The van der Waals surface area contributed by atoms with Crippen molar-refractivity contribution in [3.8, 4) is 0 Å². The number of nitrogens with one attached hydrogen (secondary N) is 1. The third-order valence-electron chi connectivity index (χ3n) is 3.85. The maximum Gasteiger partial charge on any atom is 0.193 e. The summed E-state index contributed by atoms with van der Waals surface area (Å²) in [5, 5.41) is 3.45. The van der Waals surface area contributed by atoms with Gasteiger partial charge in [0.25, 0.3) is 0 Å². The lowest BCUT2D eigenvalue weighted by atomic mass is 10.1. The second-order valence-corrected chi connectivity index (χ2v) is 8.06. The molecule has 1 fully saturated rings. The van der Waals surface area contributed by atoms with Crippen molar-refractivity contribution in [1.29, 1.82) is 0 Å². The number of aliphatic imine (C=N–C) groups is 1. The molecule has 0 radical (unpaired) electrons. The first-order valence-electron chi connectivity index (χ1n) is 8.03. The van der Waals surface area contributed by atoms with Crippen LogP contribution in [0.5, 0.6) is 0 Å². The van der Waals surface area contributed by atoms with Crippen LogP contribution in [-0.4, -0.2) is 57.4 Å². The molecule has 1 N–H and O–H groups in total. The molecule has 0 aliphatic carbocycles. The number of likely N-dealkylation sites (tertiary alicyclic amines) is 1. The summed E-state index contributed by atoms with van der Waals surface area (Å²) in [7, 11) is 3.58. The molecule has 1 aliphatic heterocycles. The zero-order valence-electron chi connectivity index (χ0n) is 13.9. The number of guanidine groups is 1. The lowest BCUT2D eigenvalue weighted by Crippen LogP contribution is -2.46. The van der Waals surface area contributed by atoms with E-state index in [9.17, 15) is 0 Å². The quantitative estimate of drug-likeness (QED) is 0.431. The normalized spacial score (nSPS) is 16.8. The fourth-order valence-electron chi connectivity index (χ4n) is 2.63. The molecule has 1 aromatic rings. The number of hydrogen-bond acceptors (Lipinski definition) is 4. The maximum atomic E-state index is 5.91. The van der Waals surface area contributed by atoms with Crippen molar-refractivity contribution < 1.29 is 9.47 Å². The van der Waals surface area contributed by atoms with Crippen LogP contribution < -0.4 is 5.32 Å². The van der Waals surface area contributed by atoms with Crippen LogP contribution in [0.3, 0.4) is 0 Å². The van der Waals surface area contributed by atoms with E-state index in [1.807, 2.05) is 7.05 Å². The molecule has 1 aliphatic rings. The number of halogens is 1. The van der Waals surface area contributed by atoms with E-state index in [1.165, 1.54) is 4.88 Å². The summed E-state index contributed by atoms with van der Waals surface area (Å²) in [4.78, 5) is 8.03. The molecule has 0 aromatic carbocycles. The molecule has 1 saturated heterocycles. The van der Waals surface area contributed by atoms with Gasteiger partial charge in [0.1, 0.15) is 0 Å². The highest BCUT2D eigenvalue weighted by molar-refractivity contribution is 9.11. The fraction of sp³-hybridized carbons (Fsp3) is 0.688. The van der Waals surface area contributed by atoms with Crippen molar-refractivity contribution in [2.75, 3.05) is 40.5 Å². The Balaban J connectivity index is 1.70. The Morgan fingerprint density at radius 3 is 2.78 bits per heavy atom. The molecule has 7 heteroatoms. The lowest BCUT2D eigenvalue weighted by Gasteiger charge is -2.34. The van der Waals surface area contributed by atoms with E-state index in [1.54, 1.807) is 18.4 Å². The van der Waals surface area contributed by atoms with E-state index in [2.05, 4.69) is 43.3 Å². The minimum absolute atomic E-state index is 0.370. The van der Waals surface area contributed by atoms with Gasteiger partial charge in [-0.3, -0.25) is 4.99 Å². The fourth-order valence-corrected chi connectivity index (χ4v) is 4.06. The predicted octanol–water partition coefficient (Wildman–Crippen LogP) is 3.10. The van der Waals surface area contributed by atoms with Crippen LogP contribution in [-0.2, 0) is 16.0 Å². The van der Waals surface area contributed by atoms with Crippen molar-refractivity contribution in [3.63, 3.8) is 0 Å². The molecule has 0 bridgehead atoms. The third kappa shape index (κ3) is 6.41. The highest BCUT2D eigenvalue weighted by Gasteiger charge is 2.21. The monoisotopic (exact) mass is 403 g/mol. The number of ether oxygens (including phenoxy) is 2. The van der Waals surface area contributed by atoms with Gasteiger partial charge in [-0.15, -0.1) is 11.3 Å². The first kappa shape index (κ1) is 18.7. The summed E-state index contributed by atoms with van der Waals surface area (Å²) in [6.07, 6.45) is 3.45. The van der Waals surface area contributed by atoms with Gasteiger partial charge in [0.05, 0.1) is 16.4 Å². The Kier molecular flexibility index (Phi) is 8.36. The van der Waals surface area contributed by atoms with Gasteiger partial charge in [0.15, 0.2) is 5.96 Å². The van der Waals surface area contributed by atoms with Crippen molar-refractivity contribution in [2.24, 2.45) is 4.99 Å². The predicted molar refractivity (Wildman–Crippen MR) is 99.3 cm³/mol. The number of thiophene rings is 1. The van der Waals surface area contributed by atoms with Gasteiger partial charge in [-0.2, -0.15) is 0 Å². The van der Waals surface area contributed by atoms with Crippen LogP contribution in [0.1, 0.15) is 24.1 Å². The standard InChI is InChI=1S/C16H26BrN3O2S/c1-18-16(19-12-14-4-5-15(17)23-14)20-8-6-13(7-9-20)22-11-3-10-21-2/h4-5,13H,3,6-12H2,1-2H3,(H,18,19). The molecule has 130 valence electrons. The zero-order valence-corrected chi connectivity index (χ0v) is 16.3. The van der Waals surface area contributed by atoms with Gasteiger partial charge in [-0.25, -0.2) is 0 Å². The number of piperidine rings is 1. The Morgan fingerprint density at radius 2 is 2.17 bits per heavy atom. The van der Waals surface area contributed by atoms with Gasteiger partial charge >= 0.3 is 0 Å². The molecule has 0 amide bonds. The van der Waals surface area contributed by atoms with Crippen molar-refractivity contribution in [1.82, 2.24) is 10.2 Å². The zero-order chi connectivity index (χ0) is 16.5. The first-order valence-corrected chi connectivity index (χ1v) is 9.64. The molecule has 5 nitrogen and oxygen atoms in total. The Labute approximate surface area is 151 Å². The molecular weight excluding hydrogens is 378 g/mol. The van der Waals surface area contributed by atoms with Crippen molar-refractivity contribution in [2.45, 2.75) is 31.9 Å². The number of hydrogen-bond donors (Lipinski definition) is 1. The molecule has 2 heterocycles. The van der Waals surface area contributed by atoms with Crippen LogP contribution in [0.25, 0.3) is 0 Å². The maximum absolute atomic E-state index is 5.91. The van der Waals surface area contributed by atoms with Gasteiger partial charge in [0.2, 0.25) is 0 Å². The lowest BCUT2D eigenvalue weighted by molar-refractivity contribution is 0.00990. The van der Waals surface area contributed by atoms with Gasteiger partial charge in [0, 0.05) is 45.3 Å². The largest absolute Gasteiger partial charge is 0.385 e. The highest BCUT2D eigenvalue weighted by Crippen LogP contribution is 2.22. The molecule has 0 unspecified atom stereocenters. The SMILES string of the molecule is CN=C(NCc1ccc(Br)s1)N1CCC(OCCCOC)CC1. The average molecular weight is 404 g/mol. The summed E-state index contributed by atoms with van der Waals surface area (Å²) < 4.78 is 12.1. The molecule has 23 heavy (non-hydrogen) atoms. The van der Waals surface area contributed by atoms with E-state index in [-0.39, 0.29) is 0 Å². The highest BCUT2D eigenvalue weighted by atomic mass is 79.9. The minimum atomic E-state index is 0.370. The summed E-state index contributed by atoms with van der Waals surface area (Å²) in [5.74, 6) is 0.979. The molecule has 0 spiro atoms. The second-order valence-electron chi connectivity index (χ2n) is 5.51. The summed E-state index contributed by atoms with van der Waals surface area (Å²) >= 11 is 5.25. The number of methoxy groups -OCH3 is 1. The minimum Gasteiger partial charge on any atom is -0.385 e. The topological polar surface area (TPSA) is 46.1 Å². The van der Waals surface area contributed by atoms with Gasteiger partial charge < -0.3 is 19.7 Å². The Hall–Kier alpha value is -0.630.